The van der Waals surface area contributed by atoms with Crippen LogP contribution in [-0.4, -0.2) is 14.3 Å². The summed E-state index contributed by atoms with van der Waals surface area (Å²) in [6.07, 6.45) is 3.93. The third-order valence-corrected chi connectivity index (χ3v) is 3.80. The highest BCUT2D eigenvalue weighted by Crippen LogP contribution is 2.26. The summed E-state index contributed by atoms with van der Waals surface area (Å²) in [5.41, 5.74) is 4.08. The van der Waals surface area contributed by atoms with Gasteiger partial charge in [-0.3, -0.25) is 4.68 Å². The number of benzene rings is 2. The minimum absolute atomic E-state index is 0.224. The third-order valence-electron chi connectivity index (χ3n) is 3.80. The lowest BCUT2D eigenvalue weighted by Crippen LogP contribution is -1.92. The van der Waals surface area contributed by atoms with E-state index in [1.807, 2.05) is 25.5 Å². The van der Waals surface area contributed by atoms with E-state index in [0.29, 0.717) is 0 Å². The first-order chi connectivity index (χ1) is 10.7. The highest BCUT2D eigenvalue weighted by atomic mass is 19.1. The third kappa shape index (κ3) is 2.09. The molecule has 108 valence electrons. The molecule has 3 nitrogen and oxygen atoms in total. The highest BCUT2D eigenvalue weighted by molar-refractivity contribution is 5.86. The zero-order valence-electron chi connectivity index (χ0n) is 12.1. The predicted octanol–water partition coefficient (Wildman–Crippen LogP) is 4.17. The van der Waals surface area contributed by atoms with Gasteiger partial charge in [-0.05, 0) is 48.5 Å². The van der Waals surface area contributed by atoms with Crippen LogP contribution < -0.4 is 0 Å². The summed E-state index contributed by atoms with van der Waals surface area (Å²) in [4.78, 5) is 0. The van der Waals surface area contributed by atoms with Crippen molar-refractivity contribution in [1.29, 1.82) is 0 Å². The van der Waals surface area contributed by atoms with E-state index in [1.165, 1.54) is 12.1 Å². The van der Waals surface area contributed by atoms with Crippen LogP contribution in [0.1, 0.15) is 0 Å². The monoisotopic (exact) mass is 291 g/mol. The summed E-state index contributed by atoms with van der Waals surface area (Å²) in [5, 5.41) is 5.56. The number of hydrogen-bond acceptors (Lipinski definition) is 1. The predicted molar refractivity (Wildman–Crippen MR) is 85.4 cm³/mol. The van der Waals surface area contributed by atoms with Crippen molar-refractivity contribution in [2.75, 3.05) is 0 Å². The lowest BCUT2D eigenvalue weighted by molar-refractivity contribution is 0.627. The summed E-state index contributed by atoms with van der Waals surface area (Å²) in [7, 11) is 1.91. The molecule has 0 saturated carbocycles. The van der Waals surface area contributed by atoms with Gasteiger partial charge in [-0.15, -0.1) is 0 Å². The zero-order valence-corrected chi connectivity index (χ0v) is 12.1. The molecule has 0 amide bonds. The molecule has 0 fully saturated rings. The van der Waals surface area contributed by atoms with Gasteiger partial charge in [0.25, 0.3) is 0 Å². The topological polar surface area (TPSA) is 22.8 Å². The maximum atomic E-state index is 13.1. The molecule has 4 rings (SSSR count). The first kappa shape index (κ1) is 12.8. The van der Waals surface area contributed by atoms with Gasteiger partial charge in [-0.2, -0.15) is 5.10 Å². The van der Waals surface area contributed by atoms with E-state index in [-0.39, 0.29) is 5.82 Å². The van der Waals surface area contributed by atoms with Crippen LogP contribution in [-0.2, 0) is 7.05 Å². The van der Waals surface area contributed by atoms with Crippen molar-refractivity contribution < 1.29 is 4.39 Å². The van der Waals surface area contributed by atoms with Crippen LogP contribution in [0, 0.1) is 5.82 Å². The molecule has 0 aliphatic carbocycles. The largest absolute Gasteiger partial charge is 0.317 e. The Kier molecular flexibility index (Phi) is 2.82. The molecule has 0 aliphatic heterocycles. The van der Waals surface area contributed by atoms with Gasteiger partial charge in [0.2, 0.25) is 0 Å². The fourth-order valence-corrected chi connectivity index (χ4v) is 2.70. The highest BCUT2D eigenvalue weighted by Gasteiger charge is 2.07. The number of nitrogens with zero attached hydrogens (tertiary/aromatic N) is 3. The molecule has 0 radical (unpaired) electrons. The normalized spacial score (nSPS) is 11.2. The maximum Gasteiger partial charge on any atom is 0.123 e. The van der Waals surface area contributed by atoms with Gasteiger partial charge >= 0.3 is 0 Å². The summed E-state index contributed by atoms with van der Waals surface area (Å²) in [5.74, 6) is -0.224. The SMILES string of the molecule is Cn1ccc(-c2ccc3c(ccn3-c3ccc(F)cc3)c2)n1. The van der Waals surface area contributed by atoms with Crippen LogP contribution in [0.25, 0.3) is 27.8 Å². The Bertz CT molecular complexity index is 948. The molecule has 0 spiro atoms. The van der Waals surface area contributed by atoms with Crippen LogP contribution in [0.15, 0.2) is 67.0 Å². The van der Waals surface area contributed by atoms with Crippen LogP contribution in [0.2, 0.25) is 0 Å². The number of rotatable bonds is 2. The van der Waals surface area contributed by atoms with Crippen molar-refractivity contribution in [3.05, 3.63) is 72.8 Å². The first-order valence-corrected chi connectivity index (χ1v) is 7.08. The summed E-state index contributed by atoms with van der Waals surface area (Å²) >= 11 is 0. The summed E-state index contributed by atoms with van der Waals surface area (Å²) < 4.78 is 16.9. The smallest absolute Gasteiger partial charge is 0.123 e. The summed E-state index contributed by atoms with van der Waals surface area (Å²) in [6, 6.07) is 16.8. The fourth-order valence-electron chi connectivity index (χ4n) is 2.70. The van der Waals surface area contributed by atoms with Crippen molar-refractivity contribution in [3.8, 4) is 16.9 Å². The van der Waals surface area contributed by atoms with Crippen LogP contribution in [0.3, 0.4) is 0 Å². The Morgan fingerprint density at radius 3 is 2.45 bits per heavy atom. The first-order valence-electron chi connectivity index (χ1n) is 7.08. The summed E-state index contributed by atoms with van der Waals surface area (Å²) in [6.45, 7) is 0. The zero-order chi connectivity index (χ0) is 15.1. The van der Waals surface area contributed by atoms with Crippen molar-refractivity contribution in [2.24, 2.45) is 7.05 Å². The average molecular weight is 291 g/mol. The van der Waals surface area contributed by atoms with Gasteiger partial charge in [0.05, 0.1) is 11.2 Å². The van der Waals surface area contributed by atoms with Gasteiger partial charge in [-0.25, -0.2) is 4.39 Å². The second-order valence-electron chi connectivity index (χ2n) is 5.31. The number of aromatic nitrogens is 3. The molecule has 2 aromatic carbocycles. The minimum Gasteiger partial charge on any atom is -0.317 e. The number of aryl methyl sites for hydroxylation is 1. The lowest BCUT2D eigenvalue weighted by Gasteiger charge is -2.06. The van der Waals surface area contributed by atoms with E-state index < -0.39 is 0 Å². The van der Waals surface area contributed by atoms with E-state index >= 15 is 0 Å². The number of halogens is 1. The molecule has 4 aromatic rings. The van der Waals surface area contributed by atoms with E-state index in [0.717, 1.165) is 27.8 Å². The van der Waals surface area contributed by atoms with Crippen LogP contribution in [0.4, 0.5) is 4.39 Å². The quantitative estimate of drug-likeness (QED) is 0.543. The van der Waals surface area contributed by atoms with Crippen molar-refractivity contribution in [3.63, 3.8) is 0 Å². The second kappa shape index (κ2) is 4.84. The van der Waals surface area contributed by atoms with E-state index in [4.69, 9.17) is 0 Å². The Balaban J connectivity index is 1.82. The average Bonchev–Trinajstić information content (AvgIpc) is 3.14. The molecule has 22 heavy (non-hydrogen) atoms. The molecule has 0 aliphatic rings. The van der Waals surface area contributed by atoms with Gasteiger partial charge in [0.1, 0.15) is 5.82 Å². The molecular weight excluding hydrogens is 277 g/mol. The van der Waals surface area contributed by atoms with Gasteiger partial charge in [-0.1, -0.05) is 6.07 Å². The van der Waals surface area contributed by atoms with Crippen LogP contribution in [0.5, 0.6) is 0 Å². The number of hydrogen-bond donors (Lipinski definition) is 0. The molecule has 0 atom stereocenters. The van der Waals surface area contributed by atoms with Crippen molar-refractivity contribution in [2.45, 2.75) is 0 Å². The Morgan fingerprint density at radius 1 is 0.909 bits per heavy atom. The van der Waals surface area contributed by atoms with Crippen LogP contribution >= 0.6 is 0 Å². The van der Waals surface area contributed by atoms with Gasteiger partial charge in [0, 0.05) is 36.1 Å². The Morgan fingerprint density at radius 2 is 1.73 bits per heavy atom. The van der Waals surface area contributed by atoms with Crippen molar-refractivity contribution >= 4 is 10.9 Å². The molecule has 4 heteroatoms. The van der Waals surface area contributed by atoms with Gasteiger partial charge < -0.3 is 4.57 Å². The van der Waals surface area contributed by atoms with E-state index in [1.54, 1.807) is 16.8 Å². The molecule has 0 bridgehead atoms. The van der Waals surface area contributed by atoms with Crippen molar-refractivity contribution in [1.82, 2.24) is 14.3 Å². The molecule has 0 unspecified atom stereocenters. The minimum atomic E-state index is -0.224. The molecular formula is C18H14FN3. The second-order valence-corrected chi connectivity index (χ2v) is 5.31. The lowest BCUT2D eigenvalue weighted by atomic mass is 10.1. The standard InChI is InChI=1S/C18H14FN3/c1-21-10-9-17(20-21)13-2-7-18-14(12-13)8-11-22(18)16-5-3-15(19)4-6-16/h2-12H,1H3. The van der Waals surface area contributed by atoms with E-state index in [9.17, 15) is 4.39 Å². The fraction of sp³-hybridized carbons (Fsp3) is 0.0556. The molecule has 0 N–H and O–H groups in total. The molecule has 2 heterocycles. The molecule has 0 saturated heterocycles. The van der Waals surface area contributed by atoms with Gasteiger partial charge in [0.15, 0.2) is 0 Å². The Labute approximate surface area is 127 Å². The Hall–Kier alpha value is -2.88. The number of fused-ring (bicyclic) bond motifs is 1. The van der Waals surface area contributed by atoms with E-state index in [2.05, 4.69) is 33.9 Å². The molecule has 2 aromatic heterocycles. The maximum absolute atomic E-state index is 13.1.